The number of halogens is 1. The van der Waals surface area contributed by atoms with Crippen LogP contribution < -0.4 is 5.32 Å². The van der Waals surface area contributed by atoms with Gasteiger partial charge in [-0.05, 0) is 30.6 Å². The lowest BCUT2D eigenvalue weighted by molar-refractivity contribution is 0.579. The van der Waals surface area contributed by atoms with Gasteiger partial charge in [0.1, 0.15) is 5.82 Å². The third-order valence-electron chi connectivity index (χ3n) is 3.23. The van der Waals surface area contributed by atoms with E-state index in [1.807, 2.05) is 31.3 Å². The van der Waals surface area contributed by atoms with E-state index in [0.717, 1.165) is 4.88 Å². The summed E-state index contributed by atoms with van der Waals surface area (Å²) < 4.78 is 15.2. The van der Waals surface area contributed by atoms with Gasteiger partial charge in [-0.3, -0.25) is 0 Å². The van der Waals surface area contributed by atoms with E-state index in [9.17, 15) is 4.39 Å². The lowest BCUT2D eigenvalue weighted by Crippen LogP contribution is -2.17. The zero-order chi connectivity index (χ0) is 13.2. The highest BCUT2D eigenvalue weighted by Crippen LogP contribution is 2.33. The Morgan fingerprint density at radius 1 is 1.05 bits per heavy atom. The molecule has 3 rings (SSSR count). The Bertz CT molecular complexity index is 672. The predicted octanol–water partition coefficient (Wildman–Crippen LogP) is 4.35. The van der Waals surface area contributed by atoms with E-state index in [2.05, 4.69) is 23.5 Å². The molecule has 0 saturated carbocycles. The molecular formula is C16H14FNS. The van der Waals surface area contributed by atoms with Gasteiger partial charge in [0, 0.05) is 15.1 Å². The van der Waals surface area contributed by atoms with Crippen LogP contribution in [0.1, 0.15) is 16.5 Å². The molecule has 3 heteroatoms. The molecule has 1 heterocycles. The third-order valence-corrected chi connectivity index (χ3v) is 4.41. The number of nitrogens with one attached hydrogen (secondary N) is 1. The van der Waals surface area contributed by atoms with Crippen molar-refractivity contribution in [3.05, 3.63) is 70.9 Å². The van der Waals surface area contributed by atoms with Gasteiger partial charge in [-0.15, -0.1) is 11.3 Å². The molecule has 0 aliphatic rings. The summed E-state index contributed by atoms with van der Waals surface area (Å²) in [7, 11) is 1.86. The molecule has 1 aromatic heterocycles. The van der Waals surface area contributed by atoms with E-state index in [1.165, 1.54) is 16.2 Å². The number of hydrogen-bond acceptors (Lipinski definition) is 2. The summed E-state index contributed by atoms with van der Waals surface area (Å²) in [6, 6.07) is 17.2. The monoisotopic (exact) mass is 271 g/mol. The lowest BCUT2D eigenvalue weighted by Gasteiger charge is -2.15. The minimum Gasteiger partial charge on any atom is -0.309 e. The first-order valence-corrected chi connectivity index (χ1v) is 7.01. The third kappa shape index (κ3) is 2.27. The average Bonchev–Trinajstić information content (AvgIpc) is 2.85. The quantitative estimate of drug-likeness (QED) is 0.746. The lowest BCUT2D eigenvalue weighted by atomic mass is 10.0. The van der Waals surface area contributed by atoms with E-state index >= 15 is 0 Å². The van der Waals surface area contributed by atoms with Crippen LogP contribution in [0.3, 0.4) is 0 Å². The molecule has 0 saturated heterocycles. The second kappa shape index (κ2) is 5.11. The minimum absolute atomic E-state index is 0.0985. The van der Waals surface area contributed by atoms with Crippen LogP contribution in [0.15, 0.2) is 54.6 Å². The van der Waals surface area contributed by atoms with Crippen molar-refractivity contribution < 1.29 is 4.39 Å². The summed E-state index contributed by atoms with van der Waals surface area (Å²) >= 11 is 1.70. The molecule has 0 radical (unpaired) electrons. The minimum atomic E-state index is -0.167. The van der Waals surface area contributed by atoms with Crippen molar-refractivity contribution in [1.29, 1.82) is 0 Å². The summed E-state index contributed by atoms with van der Waals surface area (Å²) in [5, 5.41) is 4.41. The normalized spacial score (nSPS) is 12.7. The van der Waals surface area contributed by atoms with E-state index < -0.39 is 0 Å². The Hall–Kier alpha value is -1.71. The maximum Gasteiger partial charge on any atom is 0.128 e. The van der Waals surface area contributed by atoms with Crippen molar-refractivity contribution in [3.63, 3.8) is 0 Å². The van der Waals surface area contributed by atoms with Gasteiger partial charge in [-0.2, -0.15) is 0 Å². The summed E-state index contributed by atoms with van der Waals surface area (Å²) in [6.07, 6.45) is 0. The van der Waals surface area contributed by atoms with E-state index in [4.69, 9.17) is 0 Å². The van der Waals surface area contributed by atoms with Crippen LogP contribution in [-0.2, 0) is 0 Å². The smallest absolute Gasteiger partial charge is 0.128 e. The van der Waals surface area contributed by atoms with Gasteiger partial charge >= 0.3 is 0 Å². The van der Waals surface area contributed by atoms with Crippen molar-refractivity contribution in [1.82, 2.24) is 5.32 Å². The van der Waals surface area contributed by atoms with Gasteiger partial charge in [0.15, 0.2) is 0 Å². The van der Waals surface area contributed by atoms with Crippen molar-refractivity contribution in [3.8, 4) is 0 Å². The summed E-state index contributed by atoms with van der Waals surface area (Å²) in [6.45, 7) is 0. The molecule has 2 aromatic carbocycles. The second-order valence-corrected chi connectivity index (χ2v) is 5.55. The Morgan fingerprint density at radius 3 is 2.53 bits per heavy atom. The first-order valence-electron chi connectivity index (χ1n) is 6.20. The van der Waals surface area contributed by atoms with Gasteiger partial charge in [-0.25, -0.2) is 4.39 Å². The molecule has 96 valence electrons. The predicted molar refractivity (Wildman–Crippen MR) is 79.1 cm³/mol. The Kier molecular flexibility index (Phi) is 3.32. The van der Waals surface area contributed by atoms with Gasteiger partial charge < -0.3 is 5.32 Å². The van der Waals surface area contributed by atoms with Gasteiger partial charge in [0.05, 0.1) is 6.04 Å². The van der Waals surface area contributed by atoms with E-state index in [0.29, 0.717) is 5.56 Å². The van der Waals surface area contributed by atoms with Gasteiger partial charge in [0.25, 0.3) is 0 Å². The Morgan fingerprint density at radius 2 is 1.79 bits per heavy atom. The number of rotatable bonds is 3. The number of benzene rings is 2. The van der Waals surface area contributed by atoms with Crippen LogP contribution in [0, 0.1) is 5.82 Å². The van der Waals surface area contributed by atoms with E-state index in [1.54, 1.807) is 17.4 Å². The van der Waals surface area contributed by atoms with Crippen LogP contribution >= 0.6 is 11.3 Å². The summed E-state index contributed by atoms with van der Waals surface area (Å²) in [4.78, 5) is 1.13. The van der Waals surface area contributed by atoms with Crippen LogP contribution in [-0.4, -0.2) is 7.05 Å². The van der Waals surface area contributed by atoms with Crippen molar-refractivity contribution in [2.24, 2.45) is 0 Å². The first kappa shape index (κ1) is 12.3. The molecule has 0 aliphatic heterocycles. The summed E-state index contributed by atoms with van der Waals surface area (Å²) in [5.41, 5.74) is 0.691. The number of hydrogen-bond donors (Lipinski definition) is 1. The SMILES string of the molecule is CNC(c1cc2ccccc2s1)c1ccccc1F. The average molecular weight is 271 g/mol. The van der Waals surface area contributed by atoms with Crippen LogP contribution in [0.25, 0.3) is 10.1 Å². The van der Waals surface area contributed by atoms with Crippen molar-refractivity contribution >= 4 is 21.4 Å². The molecule has 19 heavy (non-hydrogen) atoms. The van der Waals surface area contributed by atoms with Crippen LogP contribution in [0.5, 0.6) is 0 Å². The maximum absolute atomic E-state index is 13.9. The molecule has 0 fully saturated rings. The van der Waals surface area contributed by atoms with E-state index in [-0.39, 0.29) is 11.9 Å². The second-order valence-electron chi connectivity index (χ2n) is 4.43. The largest absolute Gasteiger partial charge is 0.309 e. The maximum atomic E-state index is 13.9. The fraction of sp³-hybridized carbons (Fsp3) is 0.125. The number of fused-ring (bicyclic) bond motifs is 1. The molecular weight excluding hydrogens is 257 g/mol. The highest BCUT2D eigenvalue weighted by Gasteiger charge is 2.17. The molecule has 1 atom stereocenters. The zero-order valence-electron chi connectivity index (χ0n) is 10.6. The highest BCUT2D eigenvalue weighted by molar-refractivity contribution is 7.19. The first-order chi connectivity index (χ1) is 9.29. The van der Waals surface area contributed by atoms with Gasteiger partial charge in [0.2, 0.25) is 0 Å². The molecule has 0 bridgehead atoms. The molecule has 1 N–H and O–H groups in total. The Labute approximate surface area is 115 Å². The van der Waals surface area contributed by atoms with Crippen molar-refractivity contribution in [2.45, 2.75) is 6.04 Å². The molecule has 0 aliphatic carbocycles. The number of thiophene rings is 1. The molecule has 1 unspecified atom stereocenters. The molecule has 1 nitrogen and oxygen atoms in total. The van der Waals surface area contributed by atoms with Gasteiger partial charge in [-0.1, -0.05) is 36.4 Å². The topological polar surface area (TPSA) is 12.0 Å². The fourth-order valence-electron chi connectivity index (χ4n) is 2.30. The molecule has 3 aromatic rings. The van der Waals surface area contributed by atoms with Crippen LogP contribution in [0.2, 0.25) is 0 Å². The van der Waals surface area contributed by atoms with Crippen molar-refractivity contribution in [2.75, 3.05) is 7.05 Å². The van der Waals surface area contributed by atoms with Crippen LogP contribution in [0.4, 0.5) is 4.39 Å². The Balaban J connectivity index is 2.09. The summed E-state index contributed by atoms with van der Waals surface area (Å²) in [5.74, 6) is -0.167. The molecule has 0 spiro atoms. The fourth-order valence-corrected chi connectivity index (χ4v) is 3.50. The highest BCUT2D eigenvalue weighted by atomic mass is 32.1. The zero-order valence-corrected chi connectivity index (χ0v) is 11.4. The molecule has 0 amide bonds. The standard InChI is InChI=1S/C16H14FNS/c1-18-16(12-7-3-4-8-13(12)17)15-10-11-6-2-5-9-14(11)19-15/h2-10,16,18H,1H3.